The average Bonchev–Trinajstić information content (AvgIpc) is 3.56. The number of thiophene rings is 1. The van der Waals surface area contributed by atoms with E-state index in [0.29, 0.717) is 54.5 Å². The molecule has 3 fully saturated rings. The van der Waals surface area contributed by atoms with Crippen molar-refractivity contribution in [3.8, 4) is 0 Å². The highest BCUT2D eigenvalue weighted by molar-refractivity contribution is 7.88. The molecule has 45 heavy (non-hydrogen) atoms. The van der Waals surface area contributed by atoms with E-state index in [1.807, 2.05) is 31.2 Å². The van der Waals surface area contributed by atoms with Crippen molar-refractivity contribution in [1.29, 1.82) is 0 Å². The van der Waals surface area contributed by atoms with Gasteiger partial charge in [0.15, 0.2) is 0 Å². The van der Waals surface area contributed by atoms with Crippen LogP contribution >= 0.6 is 11.3 Å². The fraction of sp³-hybridized carbons (Fsp3) is 0.567. The Bertz CT molecular complexity index is 1630. The average molecular weight is 666 g/mol. The molecule has 1 saturated carbocycles. The predicted octanol–water partition coefficient (Wildman–Crippen LogP) is 3.96. The SMILES string of the molecule is CC(CN1CCN(S(C)(=O)=O)CC1)NC(=O)c1ccc(NC2CC3(CCN(c4ncnc5sc(CC(F)(F)F)cc45)C3)C2)cc1. The Balaban J connectivity index is 0.966. The predicted molar refractivity (Wildman–Crippen MR) is 169 cm³/mol. The van der Waals surface area contributed by atoms with E-state index >= 15 is 0 Å². The van der Waals surface area contributed by atoms with Crippen molar-refractivity contribution >= 4 is 49.0 Å². The highest BCUT2D eigenvalue weighted by Crippen LogP contribution is 2.50. The largest absolute Gasteiger partial charge is 0.393 e. The molecular formula is C30H38F3N7O3S2. The Labute approximate surface area is 265 Å². The van der Waals surface area contributed by atoms with Crippen LogP contribution in [0.3, 0.4) is 0 Å². The second-order valence-electron chi connectivity index (χ2n) is 12.8. The Morgan fingerprint density at radius 2 is 1.82 bits per heavy atom. The lowest BCUT2D eigenvalue weighted by Crippen LogP contribution is -2.51. The first-order chi connectivity index (χ1) is 21.3. The van der Waals surface area contributed by atoms with Crippen molar-refractivity contribution in [2.24, 2.45) is 5.41 Å². The number of sulfonamides is 1. The summed E-state index contributed by atoms with van der Waals surface area (Å²) in [7, 11) is -3.17. The quantitative estimate of drug-likeness (QED) is 0.354. The summed E-state index contributed by atoms with van der Waals surface area (Å²) in [5, 5.41) is 7.32. The molecule has 6 rings (SSSR count). The highest BCUT2D eigenvalue weighted by atomic mass is 32.2. The maximum atomic E-state index is 12.9. The number of carbonyl (C=O) groups excluding carboxylic acids is 1. The van der Waals surface area contributed by atoms with Crippen LogP contribution < -0.4 is 15.5 Å². The minimum atomic E-state index is -4.26. The first kappa shape index (κ1) is 32.0. The normalized spacial score (nSPS) is 23.8. The van der Waals surface area contributed by atoms with Crippen LogP contribution in [-0.4, -0.2) is 104 Å². The van der Waals surface area contributed by atoms with E-state index in [1.54, 1.807) is 6.07 Å². The summed E-state index contributed by atoms with van der Waals surface area (Å²) in [6.45, 7) is 6.42. The van der Waals surface area contributed by atoms with E-state index in [0.717, 1.165) is 55.2 Å². The number of carbonyl (C=O) groups is 1. The van der Waals surface area contributed by atoms with E-state index in [1.165, 1.54) is 16.9 Å². The number of aromatic nitrogens is 2. The molecule has 2 saturated heterocycles. The summed E-state index contributed by atoms with van der Waals surface area (Å²) in [6, 6.07) is 9.28. The molecule has 1 aliphatic carbocycles. The van der Waals surface area contributed by atoms with Crippen LogP contribution in [0.15, 0.2) is 36.7 Å². The Morgan fingerprint density at radius 3 is 2.49 bits per heavy atom. The number of rotatable bonds is 9. The van der Waals surface area contributed by atoms with E-state index in [2.05, 4.69) is 30.4 Å². The molecule has 1 unspecified atom stereocenters. The summed E-state index contributed by atoms with van der Waals surface area (Å²) < 4.78 is 63.8. The van der Waals surface area contributed by atoms with Gasteiger partial charge in [-0.2, -0.15) is 17.5 Å². The second-order valence-corrected chi connectivity index (χ2v) is 15.9. The molecule has 0 bridgehead atoms. The van der Waals surface area contributed by atoms with E-state index < -0.39 is 22.6 Å². The minimum Gasteiger partial charge on any atom is -0.382 e. The monoisotopic (exact) mass is 665 g/mol. The van der Waals surface area contributed by atoms with E-state index in [-0.39, 0.29) is 22.2 Å². The molecule has 2 aromatic heterocycles. The van der Waals surface area contributed by atoms with Gasteiger partial charge in [0.2, 0.25) is 10.0 Å². The third kappa shape index (κ3) is 7.53. The molecule has 2 N–H and O–H groups in total. The summed E-state index contributed by atoms with van der Waals surface area (Å²) >= 11 is 1.08. The number of amides is 1. The van der Waals surface area contributed by atoms with Crippen LogP contribution in [0.1, 0.15) is 41.4 Å². The lowest BCUT2D eigenvalue weighted by atomic mass is 9.65. The van der Waals surface area contributed by atoms with Crippen LogP contribution in [0, 0.1) is 5.41 Å². The molecular weight excluding hydrogens is 628 g/mol. The van der Waals surface area contributed by atoms with Crippen molar-refractivity contribution in [2.75, 3.05) is 62.3 Å². The number of anilines is 2. The van der Waals surface area contributed by atoms with Crippen LogP contribution in [0.2, 0.25) is 0 Å². The molecule has 4 heterocycles. The fourth-order valence-corrected chi connectivity index (χ4v) is 8.75. The first-order valence-corrected chi connectivity index (χ1v) is 17.8. The molecule has 3 aromatic rings. The zero-order valence-electron chi connectivity index (χ0n) is 25.3. The van der Waals surface area contributed by atoms with Gasteiger partial charge in [-0.15, -0.1) is 11.3 Å². The van der Waals surface area contributed by atoms with Gasteiger partial charge in [0, 0.05) is 74.0 Å². The number of halogens is 3. The van der Waals surface area contributed by atoms with Crippen molar-refractivity contribution in [2.45, 2.75) is 50.9 Å². The number of hydrogen-bond acceptors (Lipinski definition) is 9. The molecule has 1 aromatic carbocycles. The van der Waals surface area contributed by atoms with E-state index in [4.69, 9.17) is 0 Å². The van der Waals surface area contributed by atoms with Crippen molar-refractivity contribution < 1.29 is 26.4 Å². The zero-order valence-corrected chi connectivity index (χ0v) is 26.9. The standard InChI is InChI=1S/C30H38F3N7O3S2/c1-20(17-38-9-11-40(12-10-38)45(2,42)43)36-27(41)21-3-5-22(6-4-21)37-23-14-29(15-23)7-8-39(18-29)26-25-13-24(16-30(31,32)33)44-28(25)35-19-34-26/h3-6,13,19-20,23,37H,7-12,14-18H2,1-2H3,(H,36,41). The van der Waals surface area contributed by atoms with Gasteiger partial charge in [0.05, 0.1) is 18.1 Å². The molecule has 15 heteroatoms. The van der Waals surface area contributed by atoms with Crippen LogP contribution in [0.5, 0.6) is 0 Å². The third-order valence-corrected chi connectivity index (χ3v) is 11.4. The maximum absolute atomic E-state index is 12.9. The second kappa shape index (κ2) is 12.3. The summed E-state index contributed by atoms with van der Waals surface area (Å²) in [5.41, 5.74) is 1.67. The fourth-order valence-electron chi connectivity index (χ4n) is 6.90. The first-order valence-electron chi connectivity index (χ1n) is 15.2. The smallest absolute Gasteiger partial charge is 0.382 e. The number of alkyl halides is 3. The molecule has 244 valence electrons. The minimum absolute atomic E-state index is 0.0858. The number of hydrogen-bond donors (Lipinski definition) is 2. The maximum Gasteiger partial charge on any atom is 0.393 e. The van der Waals surface area contributed by atoms with Gasteiger partial charge in [0.1, 0.15) is 17.0 Å². The molecule has 0 radical (unpaired) electrons. The molecule has 1 spiro atoms. The Kier molecular flexibility index (Phi) is 8.74. The van der Waals surface area contributed by atoms with Gasteiger partial charge in [-0.1, -0.05) is 0 Å². The molecule has 3 aliphatic rings. The molecule has 1 atom stereocenters. The summed E-state index contributed by atoms with van der Waals surface area (Å²) in [5.74, 6) is 0.572. The number of nitrogens with zero attached hydrogens (tertiary/aromatic N) is 5. The number of fused-ring (bicyclic) bond motifs is 1. The lowest BCUT2D eigenvalue weighted by molar-refractivity contribution is -0.126. The van der Waals surface area contributed by atoms with Gasteiger partial charge in [0.25, 0.3) is 5.91 Å². The van der Waals surface area contributed by atoms with Crippen LogP contribution in [0.4, 0.5) is 24.7 Å². The molecule has 1 amide bonds. The topological polar surface area (TPSA) is 111 Å². The third-order valence-electron chi connectivity index (χ3n) is 9.06. The van der Waals surface area contributed by atoms with Gasteiger partial charge in [-0.25, -0.2) is 18.4 Å². The van der Waals surface area contributed by atoms with Gasteiger partial charge < -0.3 is 15.5 Å². The Hall–Kier alpha value is -3.01. The highest BCUT2D eigenvalue weighted by Gasteiger charge is 2.49. The zero-order chi connectivity index (χ0) is 32.0. The van der Waals surface area contributed by atoms with Crippen molar-refractivity contribution in [3.63, 3.8) is 0 Å². The van der Waals surface area contributed by atoms with Crippen LogP contribution in [-0.2, 0) is 16.4 Å². The van der Waals surface area contributed by atoms with Gasteiger partial charge in [-0.3, -0.25) is 9.69 Å². The van der Waals surface area contributed by atoms with Gasteiger partial charge >= 0.3 is 6.18 Å². The van der Waals surface area contributed by atoms with Crippen LogP contribution in [0.25, 0.3) is 10.2 Å². The molecule has 2 aliphatic heterocycles. The van der Waals surface area contributed by atoms with E-state index in [9.17, 15) is 26.4 Å². The Morgan fingerprint density at radius 1 is 1.11 bits per heavy atom. The van der Waals surface area contributed by atoms with Crippen molar-refractivity contribution in [1.82, 2.24) is 24.5 Å². The number of piperazine rings is 1. The summed E-state index contributed by atoms with van der Waals surface area (Å²) in [4.78, 5) is 26.7. The molecule has 10 nitrogen and oxygen atoms in total. The number of benzene rings is 1. The summed E-state index contributed by atoms with van der Waals surface area (Å²) in [6.07, 6.45) is 0.431. The lowest BCUT2D eigenvalue weighted by Gasteiger charge is -2.46. The van der Waals surface area contributed by atoms with Crippen molar-refractivity contribution in [3.05, 3.63) is 47.1 Å². The number of nitrogens with one attached hydrogen (secondary N) is 2. The van der Waals surface area contributed by atoms with Gasteiger partial charge in [-0.05, 0) is 61.9 Å².